The quantitative estimate of drug-likeness (QED) is 0.853. The smallest absolute Gasteiger partial charge is 0.123 e. The Balaban J connectivity index is 3.14. The molecule has 0 radical (unpaired) electrons. The summed E-state index contributed by atoms with van der Waals surface area (Å²) in [7, 11) is 3.80. The molecule has 0 aromatic heterocycles. The van der Waals surface area contributed by atoms with Crippen LogP contribution in [0.5, 0.6) is 5.75 Å². The second-order valence-corrected chi connectivity index (χ2v) is 4.81. The molecule has 3 heteroatoms. The summed E-state index contributed by atoms with van der Waals surface area (Å²) in [5.74, 6) is 0.905. The molecule has 17 heavy (non-hydrogen) atoms. The van der Waals surface area contributed by atoms with Crippen molar-refractivity contribution in [2.75, 3.05) is 14.2 Å². The molecule has 0 heterocycles. The van der Waals surface area contributed by atoms with E-state index in [-0.39, 0.29) is 12.1 Å². The Labute approximate surface area is 105 Å². The topological polar surface area (TPSA) is 38.5 Å². The maximum absolute atomic E-state index is 6.13. The summed E-state index contributed by atoms with van der Waals surface area (Å²) in [5.41, 5.74) is 7.29. The fourth-order valence-corrected chi connectivity index (χ4v) is 2.11. The van der Waals surface area contributed by atoms with E-state index in [9.17, 15) is 0 Å². The van der Waals surface area contributed by atoms with E-state index >= 15 is 0 Å². The van der Waals surface area contributed by atoms with Crippen molar-refractivity contribution < 1.29 is 4.74 Å². The van der Waals surface area contributed by atoms with Crippen LogP contribution in [0.25, 0.3) is 0 Å². The molecular weight excluding hydrogens is 212 g/mol. The van der Waals surface area contributed by atoms with Crippen LogP contribution < -0.4 is 10.5 Å². The monoisotopic (exact) mass is 236 g/mol. The van der Waals surface area contributed by atoms with Gasteiger partial charge in [-0.2, -0.15) is 0 Å². The van der Waals surface area contributed by atoms with Crippen LogP contribution in [0.2, 0.25) is 0 Å². The van der Waals surface area contributed by atoms with Gasteiger partial charge in [-0.05, 0) is 33.9 Å². The van der Waals surface area contributed by atoms with E-state index < -0.39 is 0 Å². The minimum atomic E-state index is 0.0544. The van der Waals surface area contributed by atoms with Gasteiger partial charge in [-0.25, -0.2) is 0 Å². The molecule has 2 unspecified atom stereocenters. The van der Waals surface area contributed by atoms with Gasteiger partial charge in [0.1, 0.15) is 5.75 Å². The number of nitrogens with two attached hydrogens (primary N) is 1. The van der Waals surface area contributed by atoms with Crippen molar-refractivity contribution in [1.82, 2.24) is 4.90 Å². The second-order valence-electron chi connectivity index (χ2n) is 4.81. The number of benzene rings is 1. The van der Waals surface area contributed by atoms with Gasteiger partial charge >= 0.3 is 0 Å². The lowest BCUT2D eigenvalue weighted by Gasteiger charge is -2.35. The summed E-state index contributed by atoms with van der Waals surface area (Å²) in [6, 6.07) is 8.75. The first-order valence-electron chi connectivity index (χ1n) is 6.09. The van der Waals surface area contributed by atoms with Gasteiger partial charge in [0.25, 0.3) is 0 Å². The lowest BCUT2D eigenvalue weighted by molar-refractivity contribution is 0.172. The molecule has 2 N–H and O–H groups in total. The fourth-order valence-electron chi connectivity index (χ4n) is 2.11. The van der Waals surface area contributed by atoms with Crippen LogP contribution in [-0.2, 0) is 0 Å². The number of hydrogen-bond acceptors (Lipinski definition) is 3. The van der Waals surface area contributed by atoms with Gasteiger partial charge in [0.15, 0.2) is 0 Å². The minimum absolute atomic E-state index is 0.0544. The summed E-state index contributed by atoms with van der Waals surface area (Å²) < 4.78 is 5.42. The molecule has 0 spiro atoms. The zero-order chi connectivity index (χ0) is 13.0. The number of ether oxygens (including phenoxy) is 1. The summed E-state index contributed by atoms with van der Waals surface area (Å²) in [6.07, 6.45) is 0. The highest BCUT2D eigenvalue weighted by Gasteiger charge is 2.25. The first kappa shape index (κ1) is 14.0. The van der Waals surface area contributed by atoms with Crippen LogP contribution in [-0.4, -0.2) is 31.1 Å². The van der Waals surface area contributed by atoms with Gasteiger partial charge in [-0.15, -0.1) is 0 Å². The Morgan fingerprint density at radius 2 is 1.76 bits per heavy atom. The van der Waals surface area contributed by atoms with Gasteiger partial charge in [0, 0.05) is 17.6 Å². The van der Waals surface area contributed by atoms with Gasteiger partial charge in [-0.1, -0.05) is 18.2 Å². The molecule has 1 rings (SSSR count). The summed E-state index contributed by atoms with van der Waals surface area (Å²) in [5, 5.41) is 0. The highest BCUT2D eigenvalue weighted by Crippen LogP contribution is 2.31. The van der Waals surface area contributed by atoms with Crippen LogP contribution in [0, 0.1) is 0 Å². The first-order chi connectivity index (χ1) is 7.99. The predicted molar refractivity (Wildman–Crippen MR) is 72.3 cm³/mol. The zero-order valence-electron chi connectivity index (χ0n) is 11.5. The van der Waals surface area contributed by atoms with Crippen LogP contribution in [0.4, 0.5) is 0 Å². The molecule has 0 aliphatic rings. The average molecular weight is 236 g/mol. The van der Waals surface area contributed by atoms with Crippen LogP contribution in [0.3, 0.4) is 0 Å². The second kappa shape index (κ2) is 6.03. The molecule has 2 atom stereocenters. The lowest BCUT2D eigenvalue weighted by atomic mass is 9.97. The maximum atomic E-state index is 6.13. The Hall–Kier alpha value is -1.06. The molecule has 96 valence electrons. The highest BCUT2D eigenvalue weighted by molar-refractivity contribution is 5.36. The first-order valence-corrected chi connectivity index (χ1v) is 6.09. The van der Waals surface area contributed by atoms with E-state index in [2.05, 4.69) is 31.9 Å². The summed E-state index contributed by atoms with van der Waals surface area (Å²) >= 11 is 0. The Bertz CT molecular complexity index is 350. The van der Waals surface area contributed by atoms with Crippen molar-refractivity contribution in [2.24, 2.45) is 5.73 Å². The molecule has 0 amide bonds. The Morgan fingerprint density at radius 1 is 1.18 bits per heavy atom. The average Bonchev–Trinajstić information content (AvgIpc) is 2.29. The normalized spacial score (nSPS) is 15.1. The molecule has 1 aromatic carbocycles. The summed E-state index contributed by atoms with van der Waals surface area (Å²) in [4.78, 5) is 2.28. The fraction of sp³-hybridized carbons (Fsp3) is 0.571. The van der Waals surface area contributed by atoms with Crippen molar-refractivity contribution in [3.63, 3.8) is 0 Å². The lowest BCUT2D eigenvalue weighted by Crippen LogP contribution is -2.40. The SMILES string of the molecule is COc1ccccc1C(C(C)N)N(C)C(C)C. The molecular formula is C14H24N2O. The number of para-hydroxylation sites is 1. The van der Waals surface area contributed by atoms with E-state index in [1.807, 2.05) is 25.1 Å². The number of rotatable bonds is 5. The minimum Gasteiger partial charge on any atom is -0.496 e. The van der Waals surface area contributed by atoms with Crippen LogP contribution in [0.1, 0.15) is 32.4 Å². The summed E-state index contributed by atoms with van der Waals surface area (Å²) in [6.45, 7) is 6.38. The van der Waals surface area contributed by atoms with Crippen molar-refractivity contribution in [1.29, 1.82) is 0 Å². The van der Waals surface area contributed by atoms with E-state index in [0.717, 1.165) is 11.3 Å². The van der Waals surface area contributed by atoms with Crippen LogP contribution >= 0.6 is 0 Å². The number of hydrogen-bond donors (Lipinski definition) is 1. The number of likely N-dealkylation sites (N-methyl/N-ethyl adjacent to an activating group) is 1. The molecule has 0 saturated heterocycles. The maximum Gasteiger partial charge on any atom is 0.123 e. The Kier molecular flexibility index (Phi) is 4.97. The molecule has 0 bridgehead atoms. The van der Waals surface area contributed by atoms with Gasteiger partial charge < -0.3 is 10.5 Å². The Morgan fingerprint density at radius 3 is 2.24 bits per heavy atom. The number of nitrogens with zero attached hydrogens (tertiary/aromatic N) is 1. The predicted octanol–water partition coefficient (Wildman–Crippen LogP) is 2.42. The van der Waals surface area contributed by atoms with Crippen molar-refractivity contribution in [3.8, 4) is 5.75 Å². The zero-order valence-corrected chi connectivity index (χ0v) is 11.5. The van der Waals surface area contributed by atoms with Crippen molar-refractivity contribution in [2.45, 2.75) is 38.9 Å². The molecule has 0 fully saturated rings. The number of methoxy groups -OCH3 is 1. The van der Waals surface area contributed by atoms with E-state index in [1.54, 1.807) is 7.11 Å². The highest BCUT2D eigenvalue weighted by atomic mass is 16.5. The van der Waals surface area contributed by atoms with Crippen molar-refractivity contribution >= 4 is 0 Å². The van der Waals surface area contributed by atoms with E-state index in [1.165, 1.54) is 0 Å². The van der Waals surface area contributed by atoms with Gasteiger partial charge in [-0.3, -0.25) is 4.90 Å². The standard InChI is InChI=1S/C14H24N2O/c1-10(2)16(4)14(11(3)15)12-8-6-7-9-13(12)17-5/h6-11,14H,15H2,1-5H3. The largest absolute Gasteiger partial charge is 0.496 e. The van der Waals surface area contributed by atoms with Crippen molar-refractivity contribution in [3.05, 3.63) is 29.8 Å². The molecule has 0 aliphatic heterocycles. The third-order valence-corrected chi connectivity index (χ3v) is 3.21. The third-order valence-electron chi connectivity index (χ3n) is 3.21. The molecule has 0 saturated carbocycles. The van der Waals surface area contributed by atoms with Crippen LogP contribution in [0.15, 0.2) is 24.3 Å². The molecule has 0 aliphatic carbocycles. The third kappa shape index (κ3) is 3.20. The molecule has 3 nitrogen and oxygen atoms in total. The molecule has 1 aromatic rings. The van der Waals surface area contributed by atoms with E-state index in [4.69, 9.17) is 10.5 Å². The van der Waals surface area contributed by atoms with E-state index in [0.29, 0.717) is 6.04 Å². The van der Waals surface area contributed by atoms with Gasteiger partial charge in [0.05, 0.1) is 13.2 Å². The van der Waals surface area contributed by atoms with Gasteiger partial charge in [0.2, 0.25) is 0 Å².